The van der Waals surface area contributed by atoms with Crippen molar-refractivity contribution in [3.05, 3.63) is 47.0 Å². The molecule has 2 aliphatic rings. The van der Waals surface area contributed by atoms with Crippen LogP contribution in [0.3, 0.4) is 0 Å². The van der Waals surface area contributed by atoms with E-state index in [4.69, 9.17) is 0 Å². The van der Waals surface area contributed by atoms with E-state index in [2.05, 4.69) is 22.5 Å². The molecule has 3 amide bonds. The number of carbonyl (C=O) groups excluding carboxylic acids is 2. The van der Waals surface area contributed by atoms with Gasteiger partial charge in [-0.1, -0.05) is 35.6 Å². The highest BCUT2D eigenvalue weighted by atomic mass is 32.2. The Morgan fingerprint density at radius 3 is 2.44 bits per heavy atom. The molecule has 7 nitrogen and oxygen atoms in total. The molecule has 0 aromatic heterocycles. The SMILES string of the molecule is Cc1ccc(C#CC2=CCN(S(=O)(=O)CC3(C)NC(=O)NC3=O)CC2)cc1. The fourth-order valence-electron chi connectivity index (χ4n) is 2.94. The van der Waals surface area contributed by atoms with Gasteiger partial charge in [0.2, 0.25) is 10.0 Å². The van der Waals surface area contributed by atoms with Gasteiger partial charge < -0.3 is 5.32 Å². The third-order valence-electron chi connectivity index (χ3n) is 4.57. The maximum atomic E-state index is 12.6. The van der Waals surface area contributed by atoms with Gasteiger partial charge in [0.15, 0.2) is 0 Å². The first-order valence-electron chi connectivity index (χ1n) is 8.57. The second kappa shape index (κ2) is 7.18. The monoisotopic (exact) mass is 387 g/mol. The molecular formula is C19H21N3O4S. The summed E-state index contributed by atoms with van der Waals surface area (Å²) in [6, 6.07) is 7.21. The molecule has 1 unspecified atom stereocenters. The fraction of sp³-hybridized carbons (Fsp3) is 0.368. The maximum Gasteiger partial charge on any atom is 0.322 e. The molecule has 0 aliphatic carbocycles. The summed E-state index contributed by atoms with van der Waals surface area (Å²) < 4.78 is 26.6. The molecule has 1 fully saturated rings. The van der Waals surface area contributed by atoms with Gasteiger partial charge in [0.25, 0.3) is 5.91 Å². The van der Waals surface area contributed by atoms with Crippen molar-refractivity contribution in [2.24, 2.45) is 0 Å². The molecule has 0 radical (unpaired) electrons. The Kier molecular flexibility index (Phi) is 5.09. The van der Waals surface area contributed by atoms with Crippen LogP contribution in [-0.4, -0.2) is 49.0 Å². The van der Waals surface area contributed by atoms with Gasteiger partial charge in [0.05, 0.1) is 5.75 Å². The van der Waals surface area contributed by atoms with E-state index in [0.717, 1.165) is 11.1 Å². The first-order chi connectivity index (χ1) is 12.7. The quantitative estimate of drug-likeness (QED) is 0.595. The Morgan fingerprint density at radius 2 is 1.89 bits per heavy atom. The molecule has 0 bridgehead atoms. The Bertz CT molecular complexity index is 970. The molecular weight excluding hydrogens is 366 g/mol. The van der Waals surface area contributed by atoms with E-state index < -0.39 is 33.3 Å². The smallest absolute Gasteiger partial charge is 0.322 e. The van der Waals surface area contributed by atoms with Crippen molar-refractivity contribution in [3.63, 3.8) is 0 Å². The molecule has 1 aromatic rings. The van der Waals surface area contributed by atoms with Crippen LogP contribution in [0, 0.1) is 18.8 Å². The van der Waals surface area contributed by atoms with Crippen LogP contribution < -0.4 is 10.6 Å². The van der Waals surface area contributed by atoms with Crippen molar-refractivity contribution in [3.8, 4) is 11.8 Å². The largest absolute Gasteiger partial charge is 0.322 e. The molecule has 0 spiro atoms. The summed E-state index contributed by atoms with van der Waals surface area (Å²) in [5, 5.41) is 4.46. The van der Waals surface area contributed by atoms with E-state index in [1.807, 2.05) is 31.2 Å². The van der Waals surface area contributed by atoms with Crippen LogP contribution in [0.15, 0.2) is 35.9 Å². The number of imide groups is 1. The van der Waals surface area contributed by atoms with Crippen molar-refractivity contribution in [2.45, 2.75) is 25.8 Å². The Hall–Kier alpha value is -2.63. The molecule has 27 heavy (non-hydrogen) atoms. The first kappa shape index (κ1) is 19.1. The number of rotatable bonds is 3. The summed E-state index contributed by atoms with van der Waals surface area (Å²) in [5.74, 6) is 5.07. The van der Waals surface area contributed by atoms with Crippen molar-refractivity contribution in [2.75, 3.05) is 18.8 Å². The number of nitrogens with one attached hydrogen (secondary N) is 2. The second-order valence-electron chi connectivity index (χ2n) is 6.95. The Labute approximate surface area is 158 Å². The van der Waals surface area contributed by atoms with E-state index >= 15 is 0 Å². The average molecular weight is 387 g/mol. The molecule has 2 aliphatic heterocycles. The van der Waals surface area contributed by atoms with Crippen LogP contribution >= 0.6 is 0 Å². The summed E-state index contributed by atoms with van der Waals surface area (Å²) >= 11 is 0. The zero-order valence-corrected chi connectivity index (χ0v) is 16.0. The van der Waals surface area contributed by atoms with E-state index in [1.54, 1.807) is 6.08 Å². The van der Waals surface area contributed by atoms with Gasteiger partial charge >= 0.3 is 6.03 Å². The van der Waals surface area contributed by atoms with Crippen LogP contribution in [0.4, 0.5) is 4.79 Å². The molecule has 3 rings (SSSR count). The van der Waals surface area contributed by atoms with Crippen molar-refractivity contribution >= 4 is 22.0 Å². The average Bonchev–Trinajstić information content (AvgIpc) is 2.85. The van der Waals surface area contributed by atoms with Crippen molar-refractivity contribution in [1.29, 1.82) is 0 Å². The second-order valence-corrected chi connectivity index (χ2v) is 8.92. The molecule has 142 valence electrons. The maximum absolute atomic E-state index is 12.6. The summed E-state index contributed by atoms with van der Waals surface area (Å²) in [6.07, 6.45) is 2.30. The number of benzene rings is 1. The number of amides is 3. The first-order valence-corrected chi connectivity index (χ1v) is 10.2. The molecule has 0 saturated carbocycles. The Balaban J connectivity index is 1.66. The van der Waals surface area contributed by atoms with E-state index in [-0.39, 0.29) is 6.54 Å². The van der Waals surface area contributed by atoms with Gasteiger partial charge in [-0.25, -0.2) is 13.2 Å². The summed E-state index contributed by atoms with van der Waals surface area (Å²) in [6.45, 7) is 3.91. The molecule has 2 heterocycles. The van der Waals surface area contributed by atoms with Gasteiger partial charge in [-0.2, -0.15) is 4.31 Å². The highest BCUT2D eigenvalue weighted by molar-refractivity contribution is 7.89. The predicted octanol–water partition coefficient (Wildman–Crippen LogP) is 0.907. The lowest BCUT2D eigenvalue weighted by Gasteiger charge is -2.28. The third-order valence-corrected chi connectivity index (χ3v) is 6.63. The van der Waals surface area contributed by atoms with Gasteiger partial charge in [-0.15, -0.1) is 0 Å². The summed E-state index contributed by atoms with van der Waals surface area (Å²) in [4.78, 5) is 23.2. The summed E-state index contributed by atoms with van der Waals surface area (Å²) in [7, 11) is -3.71. The molecule has 2 N–H and O–H groups in total. The molecule has 1 atom stereocenters. The van der Waals surface area contributed by atoms with Crippen LogP contribution in [0.25, 0.3) is 0 Å². The highest BCUT2D eigenvalue weighted by Crippen LogP contribution is 2.19. The zero-order chi connectivity index (χ0) is 19.7. The lowest BCUT2D eigenvalue weighted by molar-refractivity contribution is -0.122. The molecule has 1 saturated heterocycles. The van der Waals surface area contributed by atoms with E-state index in [0.29, 0.717) is 13.0 Å². The third kappa shape index (κ3) is 4.38. The predicted molar refractivity (Wildman–Crippen MR) is 101 cm³/mol. The normalized spacial score (nSPS) is 23.1. The minimum Gasteiger partial charge on any atom is -0.322 e. The van der Waals surface area contributed by atoms with Gasteiger partial charge in [-0.05, 0) is 32.4 Å². The number of urea groups is 1. The van der Waals surface area contributed by atoms with Gasteiger partial charge in [0, 0.05) is 24.2 Å². The standard InChI is InChI=1S/C19H21N3O4S/c1-14-3-5-15(6-4-14)7-8-16-9-11-22(12-10-16)27(25,26)13-19(2)17(23)20-18(24)21-19/h3-6,9H,10-13H2,1-2H3,(H2,20,21,23,24). The highest BCUT2D eigenvalue weighted by Gasteiger charge is 2.46. The van der Waals surface area contributed by atoms with E-state index in [1.165, 1.54) is 16.8 Å². The summed E-state index contributed by atoms with van der Waals surface area (Å²) in [5.41, 5.74) is 1.51. The number of sulfonamides is 1. The number of hydrogen-bond donors (Lipinski definition) is 2. The minimum absolute atomic E-state index is 0.200. The lowest BCUT2D eigenvalue weighted by atomic mass is 10.1. The van der Waals surface area contributed by atoms with Crippen LogP contribution in [-0.2, 0) is 14.8 Å². The molecule has 1 aromatic carbocycles. The minimum atomic E-state index is -3.71. The fourth-order valence-corrected chi connectivity index (χ4v) is 4.73. The zero-order valence-electron chi connectivity index (χ0n) is 15.2. The Morgan fingerprint density at radius 1 is 1.19 bits per heavy atom. The number of hydrogen-bond acceptors (Lipinski definition) is 4. The van der Waals surface area contributed by atoms with Crippen LogP contribution in [0.2, 0.25) is 0 Å². The van der Waals surface area contributed by atoms with Gasteiger partial charge in [0.1, 0.15) is 5.54 Å². The van der Waals surface area contributed by atoms with Crippen molar-refractivity contribution in [1.82, 2.24) is 14.9 Å². The van der Waals surface area contributed by atoms with Gasteiger partial charge in [-0.3, -0.25) is 10.1 Å². The lowest BCUT2D eigenvalue weighted by Crippen LogP contribution is -2.52. The number of carbonyl (C=O) groups is 2. The van der Waals surface area contributed by atoms with Crippen molar-refractivity contribution < 1.29 is 18.0 Å². The van der Waals surface area contributed by atoms with Crippen LogP contribution in [0.1, 0.15) is 24.5 Å². The van der Waals surface area contributed by atoms with Crippen LogP contribution in [0.5, 0.6) is 0 Å². The molecule has 8 heteroatoms. The van der Waals surface area contributed by atoms with E-state index in [9.17, 15) is 18.0 Å². The topological polar surface area (TPSA) is 95.6 Å². The number of aryl methyl sites for hydroxylation is 1. The number of nitrogens with zero attached hydrogens (tertiary/aromatic N) is 1.